The fourth-order valence-corrected chi connectivity index (χ4v) is 4.98. The lowest BCUT2D eigenvalue weighted by molar-refractivity contribution is -0.134. The van der Waals surface area contributed by atoms with E-state index in [4.69, 9.17) is 0 Å². The molecule has 5 nitrogen and oxygen atoms in total. The summed E-state index contributed by atoms with van der Waals surface area (Å²) in [7, 11) is 0. The second-order valence-corrected chi connectivity index (χ2v) is 7.96. The number of aryl methyl sites for hydroxylation is 1. The van der Waals surface area contributed by atoms with E-state index in [9.17, 15) is 9.59 Å². The summed E-state index contributed by atoms with van der Waals surface area (Å²) < 4.78 is 1.57. The maximum Gasteiger partial charge on any atom is 0.262 e. The van der Waals surface area contributed by atoms with Crippen LogP contribution < -0.4 is 5.56 Å². The van der Waals surface area contributed by atoms with Gasteiger partial charge in [0.2, 0.25) is 5.91 Å². The molecule has 24 heavy (non-hydrogen) atoms. The van der Waals surface area contributed by atoms with Gasteiger partial charge in [-0.2, -0.15) is 0 Å². The average Bonchev–Trinajstić information content (AvgIpc) is 3.10. The van der Waals surface area contributed by atoms with Crippen LogP contribution in [0, 0.1) is 11.8 Å². The Hall–Kier alpha value is -1.69. The fourth-order valence-electron chi connectivity index (χ4n) is 4.25. The van der Waals surface area contributed by atoms with E-state index in [2.05, 4.69) is 4.98 Å². The number of aromatic nitrogens is 2. The normalized spacial score (nSPS) is 24.1. The fraction of sp³-hybridized carbons (Fsp3) is 0.611. The summed E-state index contributed by atoms with van der Waals surface area (Å²) in [5.41, 5.74) is -0.0416. The Kier molecular flexibility index (Phi) is 4.39. The van der Waals surface area contributed by atoms with Gasteiger partial charge in [0.05, 0.1) is 11.7 Å². The van der Waals surface area contributed by atoms with Crippen molar-refractivity contribution in [2.24, 2.45) is 11.8 Å². The smallest absolute Gasteiger partial charge is 0.262 e. The molecule has 0 unspecified atom stereocenters. The number of hydrogen-bond donors (Lipinski definition) is 0. The van der Waals surface area contributed by atoms with Crippen molar-refractivity contribution in [2.75, 3.05) is 13.1 Å². The molecule has 6 heteroatoms. The van der Waals surface area contributed by atoms with Crippen LogP contribution >= 0.6 is 11.3 Å². The highest BCUT2D eigenvalue weighted by Gasteiger charge is 2.32. The van der Waals surface area contributed by atoms with E-state index >= 15 is 0 Å². The zero-order chi connectivity index (χ0) is 16.5. The number of piperidine rings is 1. The Morgan fingerprint density at radius 1 is 1.25 bits per heavy atom. The summed E-state index contributed by atoms with van der Waals surface area (Å²) in [5.74, 6) is 1.70. The molecule has 1 saturated carbocycles. The Bertz CT molecular complexity index is 797. The minimum absolute atomic E-state index is 0.0416. The van der Waals surface area contributed by atoms with Crippen molar-refractivity contribution in [3.63, 3.8) is 0 Å². The molecular weight excluding hydrogens is 322 g/mol. The Morgan fingerprint density at radius 3 is 2.96 bits per heavy atom. The van der Waals surface area contributed by atoms with Crippen molar-refractivity contribution in [3.8, 4) is 0 Å². The van der Waals surface area contributed by atoms with Crippen LogP contribution in [0.25, 0.3) is 10.2 Å². The van der Waals surface area contributed by atoms with E-state index < -0.39 is 0 Å². The van der Waals surface area contributed by atoms with E-state index in [0.717, 1.165) is 30.3 Å². The van der Waals surface area contributed by atoms with Gasteiger partial charge < -0.3 is 4.90 Å². The molecule has 1 aliphatic heterocycles. The van der Waals surface area contributed by atoms with E-state index in [1.165, 1.54) is 37.0 Å². The first-order valence-corrected chi connectivity index (χ1v) is 9.81. The molecule has 2 atom stereocenters. The standard InChI is InChI=1S/C18H23N3O2S/c22-16(20-8-5-13-3-1-2-4-14(13)11-20)6-9-21-12-19-17-15(18(21)23)7-10-24-17/h7,10,12-14H,1-6,8-9,11H2/t13-,14-/m1/s1. The Balaban J connectivity index is 1.39. The molecule has 2 aromatic rings. The van der Waals surface area contributed by atoms with Gasteiger partial charge in [0, 0.05) is 26.1 Å². The molecule has 128 valence electrons. The van der Waals surface area contributed by atoms with Crippen LogP contribution in [0.1, 0.15) is 38.5 Å². The highest BCUT2D eigenvalue weighted by Crippen LogP contribution is 2.36. The molecule has 2 aliphatic rings. The van der Waals surface area contributed by atoms with Gasteiger partial charge in [0.1, 0.15) is 4.83 Å². The number of rotatable bonds is 3. The van der Waals surface area contributed by atoms with E-state index in [1.54, 1.807) is 10.9 Å². The largest absolute Gasteiger partial charge is 0.342 e. The average molecular weight is 345 g/mol. The molecule has 1 saturated heterocycles. The third kappa shape index (κ3) is 2.99. The van der Waals surface area contributed by atoms with E-state index in [0.29, 0.717) is 24.3 Å². The van der Waals surface area contributed by atoms with Crippen molar-refractivity contribution in [1.29, 1.82) is 0 Å². The van der Waals surface area contributed by atoms with Gasteiger partial charge in [-0.25, -0.2) is 4.98 Å². The van der Waals surface area contributed by atoms with Crippen molar-refractivity contribution >= 4 is 27.5 Å². The molecule has 4 rings (SSSR count). The molecule has 0 spiro atoms. The van der Waals surface area contributed by atoms with Crippen LogP contribution in [0.2, 0.25) is 0 Å². The predicted molar refractivity (Wildman–Crippen MR) is 95.1 cm³/mol. The molecule has 0 aromatic carbocycles. The number of amides is 1. The quantitative estimate of drug-likeness (QED) is 0.859. The Labute approximate surface area is 145 Å². The lowest BCUT2D eigenvalue weighted by Crippen LogP contribution is -2.45. The number of nitrogens with zero attached hydrogens (tertiary/aromatic N) is 3. The lowest BCUT2D eigenvalue weighted by atomic mass is 9.75. The summed E-state index contributed by atoms with van der Waals surface area (Å²) in [6.45, 7) is 2.22. The van der Waals surface area contributed by atoms with Crippen molar-refractivity contribution < 1.29 is 4.79 Å². The number of thiophene rings is 1. The molecule has 0 radical (unpaired) electrons. The van der Waals surface area contributed by atoms with Gasteiger partial charge >= 0.3 is 0 Å². The topological polar surface area (TPSA) is 55.2 Å². The maximum absolute atomic E-state index is 12.6. The summed E-state index contributed by atoms with van der Waals surface area (Å²) in [4.78, 5) is 32.0. The van der Waals surface area contributed by atoms with Crippen molar-refractivity contribution in [2.45, 2.75) is 45.1 Å². The van der Waals surface area contributed by atoms with E-state index in [1.807, 2.05) is 16.3 Å². The first-order valence-electron chi connectivity index (χ1n) is 8.93. The highest BCUT2D eigenvalue weighted by atomic mass is 32.1. The van der Waals surface area contributed by atoms with Gasteiger partial charge in [-0.1, -0.05) is 19.3 Å². The molecule has 2 fully saturated rings. The number of fused-ring (bicyclic) bond motifs is 2. The van der Waals surface area contributed by atoms with Crippen LogP contribution in [-0.2, 0) is 11.3 Å². The minimum atomic E-state index is -0.0416. The number of likely N-dealkylation sites (tertiary alicyclic amines) is 1. The molecular formula is C18H23N3O2S. The number of carbonyl (C=O) groups is 1. The summed E-state index contributed by atoms with van der Waals surface area (Å²) in [6, 6.07) is 1.81. The SMILES string of the molecule is O=C(CCn1cnc2sccc2c1=O)N1CC[C@H]2CCCC[C@@H]2C1. The number of carbonyl (C=O) groups excluding carboxylic acids is 1. The summed E-state index contributed by atoms with van der Waals surface area (Å²) >= 11 is 1.47. The van der Waals surface area contributed by atoms with Crippen LogP contribution in [0.5, 0.6) is 0 Å². The van der Waals surface area contributed by atoms with Crippen molar-refractivity contribution in [1.82, 2.24) is 14.5 Å². The van der Waals surface area contributed by atoms with Gasteiger partial charge in [0.25, 0.3) is 5.56 Å². The van der Waals surface area contributed by atoms with Crippen LogP contribution in [0.4, 0.5) is 0 Å². The third-order valence-electron chi connectivity index (χ3n) is 5.66. The van der Waals surface area contributed by atoms with Crippen LogP contribution in [0.15, 0.2) is 22.6 Å². The monoisotopic (exact) mass is 345 g/mol. The summed E-state index contributed by atoms with van der Waals surface area (Å²) in [5, 5.41) is 2.53. The molecule has 0 N–H and O–H groups in total. The van der Waals surface area contributed by atoms with Gasteiger partial charge in [0.15, 0.2) is 0 Å². The third-order valence-corrected chi connectivity index (χ3v) is 6.48. The molecule has 3 heterocycles. The zero-order valence-electron chi connectivity index (χ0n) is 13.8. The molecule has 1 aliphatic carbocycles. The lowest BCUT2D eigenvalue weighted by Gasteiger charge is -2.41. The second-order valence-electron chi connectivity index (χ2n) is 7.07. The Morgan fingerprint density at radius 2 is 2.08 bits per heavy atom. The minimum Gasteiger partial charge on any atom is -0.342 e. The maximum atomic E-state index is 12.6. The number of hydrogen-bond acceptors (Lipinski definition) is 4. The van der Waals surface area contributed by atoms with Gasteiger partial charge in [-0.15, -0.1) is 11.3 Å². The molecule has 0 bridgehead atoms. The van der Waals surface area contributed by atoms with Gasteiger partial charge in [-0.05, 0) is 36.1 Å². The van der Waals surface area contributed by atoms with Crippen LogP contribution in [-0.4, -0.2) is 33.4 Å². The molecule has 1 amide bonds. The van der Waals surface area contributed by atoms with E-state index in [-0.39, 0.29) is 11.5 Å². The predicted octanol–water partition coefficient (Wildman–Crippen LogP) is 2.89. The summed E-state index contributed by atoms with van der Waals surface area (Å²) in [6.07, 6.45) is 8.39. The zero-order valence-corrected chi connectivity index (χ0v) is 14.6. The highest BCUT2D eigenvalue weighted by molar-refractivity contribution is 7.16. The van der Waals surface area contributed by atoms with Gasteiger partial charge in [-0.3, -0.25) is 14.2 Å². The molecule has 2 aromatic heterocycles. The first-order chi connectivity index (χ1) is 11.7. The second kappa shape index (κ2) is 6.67. The first kappa shape index (κ1) is 15.8. The van der Waals surface area contributed by atoms with Crippen molar-refractivity contribution in [3.05, 3.63) is 28.1 Å². The van der Waals surface area contributed by atoms with Crippen LogP contribution in [0.3, 0.4) is 0 Å².